The van der Waals surface area contributed by atoms with Crippen molar-refractivity contribution in [2.45, 2.75) is 19.4 Å². The fourth-order valence-electron chi connectivity index (χ4n) is 2.30. The molecule has 6 heteroatoms. The number of hydrogen-bond donors (Lipinski definition) is 3. The first-order valence-electron chi connectivity index (χ1n) is 5.89. The molecular weight excluding hydrogens is 253 g/mol. The van der Waals surface area contributed by atoms with E-state index in [1.165, 1.54) is 19.1 Å². The average Bonchev–Trinajstić information content (AvgIpc) is 2.81. The van der Waals surface area contributed by atoms with E-state index in [-0.39, 0.29) is 17.2 Å². The van der Waals surface area contributed by atoms with Gasteiger partial charge in [-0.05, 0) is 36.6 Å². The molecule has 19 heavy (non-hydrogen) atoms. The van der Waals surface area contributed by atoms with Crippen molar-refractivity contribution in [3.8, 4) is 0 Å². The second-order valence-corrected chi connectivity index (χ2v) is 4.71. The smallest absolute Gasteiger partial charge is 0.336 e. The Morgan fingerprint density at radius 3 is 2.58 bits per heavy atom. The predicted molar refractivity (Wildman–Crippen MR) is 64.6 cm³/mol. The van der Waals surface area contributed by atoms with Gasteiger partial charge in [0.05, 0.1) is 11.5 Å². The van der Waals surface area contributed by atoms with E-state index in [4.69, 9.17) is 10.2 Å². The van der Waals surface area contributed by atoms with Gasteiger partial charge >= 0.3 is 11.9 Å². The summed E-state index contributed by atoms with van der Waals surface area (Å²) in [6, 6.07) is 2.35. The number of nitrogens with one attached hydrogen (secondary N) is 1. The molecule has 0 aromatic heterocycles. The summed E-state index contributed by atoms with van der Waals surface area (Å²) in [6.45, 7) is 1.71. The summed E-state index contributed by atoms with van der Waals surface area (Å²) >= 11 is 0. The van der Waals surface area contributed by atoms with Crippen molar-refractivity contribution in [2.24, 2.45) is 5.92 Å². The van der Waals surface area contributed by atoms with Crippen LogP contribution in [-0.2, 0) is 4.79 Å². The van der Waals surface area contributed by atoms with E-state index in [0.29, 0.717) is 18.5 Å². The summed E-state index contributed by atoms with van der Waals surface area (Å²) in [5.41, 5.74) is 0.476. The van der Waals surface area contributed by atoms with Gasteiger partial charge in [-0.15, -0.1) is 0 Å². The lowest BCUT2D eigenvalue weighted by molar-refractivity contribution is -0.141. The maximum Gasteiger partial charge on any atom is 0.336 e. The van der Waals surface area contributed by atoms with Gasteiger partial charge < -0.3 is 15.5 Å². The highest BCUT2D eigenvalue weighted by Crippen LogP contribution is 2.29. The fourth-order valence-corrected chi connectivity index (χ4v) is 2.30. The summed E-state index contributed by atoms with van der Waals surface area (Å²) in [5.74, 6) is -3.20. The number of carbonyl (C=O) groups is 2. The molecule has 1 aromatic carbocycles. The molecule has 2 rings (SSSR count). The molecule has 5 nitrogen and oxygen atoms in total. The van der Waals surface area contributed by atoms with Gasteiger partial charge in [0.2, 0.25) is 0 Å². The van der Waals surface area contributed by atoms with Gasteiger partial charge in [-0.2, -0.15) is 0 Å². The lowest BCUT2D eigenvalue weighted by Gasteiger charge is -2.13. The number of aliphatic carboxylic acids is 1. The third-order valence-electron chi connectivity index (χ3n) is 3.48. The minimum Gasteiger partial charge on any atom is -0.481 e. The minimum absolute atomic E-state index is 0.0871. The minimum atomic E-state index is -1.19. The molecule has 1 aliphatic heterocycles. The largest absolute Gasteiger partial charge is 0.481 e. The summed E-state index contributed by atoms with van der Waals surface area (Å²) in [6.07, 6.45) is 0.330. The second-order valence-electron chi connectivity index (χ2n) is 4.71. The SMILES string of the molecule is Cc1c(F)cc(C2CC(C(=O)O)CN2)cc1C(=O)O. The first kappa shape index (κ1) is 13.5. The highest BCUT2D eigenvalue weighted by atomic mass is 19.1. The number of rotatable bonds is 3. The van der Waals surface area contributed by atoms with Crippen LogP contribution in [0.2, 0.25) is 0 Å². The van der Waals surface area contributed by atoms with Crippen LogP contribution in [0, 0.1) is 18.7 Å². The number of halogens is 1. The molecule has 0 saturated carbocycles. The Morgan fingerprint density at radius 2 is 2.05 bits per heavy atom. The van der Waals surface area contributed by atoms with Crippen LogP contribution in [0.5, 0.6) is 0 Å². The van der Waals surface area contributed by atoms with Crippen LogP contribution < -0.4 is 5.32 Å². The van der Waals surface area contributed by atoms with Crippen molar-refractivity contribution in [2.75, 3.05) is 6.54 Å². The van der Waals surface area contributed by atoms with Crippen LogP contribution in [0.3, 0.4) is 0 Å². The van der Waals surface area contributed by atoms with E-state index >= 15 is 0 Å². The van der Waals surface area contributed by atoms with Crippen molar-refractivity contribution in [1.82, 2.24) is 5.32 Å². The number of carboxylic acids is 2. The molecule has 1 fully saturated rings. The molecule has 0 radical (unpaired) electrons. The van der Waals surface area contributed by atoms with E-state index in [2.05, 4.69) is 5.32 Å². The van der Waals surface area contributed by atoms with Crippen molar-refractivity contribution >= 4 is 11.9 Å². The molecule has 0 spiro atoms. The fraction of sp³-hybridized carbons (Fsp3) is 0.385. The number of benzene rings is 1. The molecule has 1 aromatic rings. The predicted octanol–water partition coefficient (Wildman–Crippen LogP) is 1.57. The monoisotopic (exact) mass is 267 g/mol. The Labute approximate surface area is 109 Å². The van der Waals surface area contributed by atoms with Crippen LogP contribution in [0.15, 0.2) is 12.1 Å². The molecule has 102 valence electrons. The quantitative estimate of drug-likeness (QED) is 0.773. The van der Waals surface area contributed by atoms with E-state index in [9.17, 15) is 14.0 Å². The van der Waals surface area contributed by atoms with Gasteiger partial charge in [-0.25, -0.2) is 9.18 Å². The van der Waals surface area contributed by atoms with Crippen LogP contribution in [-0.4, -0.2) is 28.7 Å². The Morgan fingerprint density at radius 1 is 1.37 bits per heavy atom. The first-order chi connectivity index (χ1) is 8.90. The number of hydrogen-bond acceptors (Lipinski definition) is 3. The molecular formula is C13H14FNO4. The third-order valence-corrected chi connectivity index (χ3v) is 3.48. The van der Waals surface area contributed by atoms with Gasteiger partial charge in [0.15, 0.2) is 0 Å². The Bertz CT molecular complexity index is 544. The van der Waals surface area contributed by atoms with E-state index in [1.807, 2.05) is 0 Å². The number of aromatic carboxylic acids is 1. The molecule has 0 aliphatic carbocycles. The zero-order chi connectivity index (χ0) is 14.2. The van der Waals surface area contributed by atoms with E-state index < -0.39 is 23.7 Å². The first-order valence-corrected chi connectivity index (χ1v) is 5.89. The standard InChI is InChI=1S/C13H14FNO4/c1-6-9(13(18)19)2-7(3-10(6)14)11-4-8(5-15-11)12(16)17/h2-3,8,11,15H,4-5H2,1H3,(H,16,17)(H,18,19). The maximum atomic E-state index is 13.7. The molecule has 0 bridgehead atoms. The zero-order valence-corrected chi connectivity index (χ0v) is 10.3. The van der Waals surface area contributed by atoms with E-state index in [1.54, 1.807) is 0 Å². The summed E-state index contributed by atoms with van der Waals surface area (Å²) in [4.78, 5) is 21.9. The molecule has 1 heterocycles. The van der Waals surface area contributed by atoms with Gasteiger partial charge in [-0.1, -0.05) is 0 Å². The van der Waals surface area contributed by atoms with E-state index in [0.717, 1.165) is 0 Å². The average molecular weight is 267 g/mol. The normalized spacial score (nSPS) is 22.4. The van der Waals surface area contributed by atoms with Gasteiger partial charge in [0, 0.05) is 12.6 Å². The molecule has 1 saturated heterocycles. The zero-order valence-electron chi connectivity index (χ0n) is 10.3. The third kappa shape index (κ3) is 2.58. The van der Waals surface area contributed by atoms with Crippen molar-refractivity contribution < 1.29 is 24.2 Å². The van der Waals surface area contributed by atoms with Crippen molar-refractivity contribution in [1.29, 1.82) is 0 Å². The lowest BCUT2D eigenvalue weighted by Crippen LogP contribution is -2.17. The number of carboxylic acid groups (broad SMARTS) is 2. The second kappa shape index (κ2) is 4.97. The Hall–Kier alpha value is -1.95. The van der Waals surface area contributed by atoms with Gasteiger partial charge in [0.25, 0.3) is 0 Å². The van der Waals surface area contributed by atoms with Gasteiger partial charge in [0.1, 0.15) is 5.82 Å². The molecule has 0 amide bonds. The molecule has 3 N–H and O–H groups in total. The van der Waals surface area contributed by atoms with Gasteiger partial charge in [-0.3, -0.25) is 4.79 Å². The van der Waals surface area contributed by atoms with Crippen LogP contribution in [0.4, 0.5) is 4.39 Å². The lowest BCUT2D eigenvalue weighted by atomic mass is 9.96. The molecule has 2 atom stereocenters. The van der Waals surface area contributed by atoms with Crippen LogP contribution in [0.25, 0.3) is 0 Å². The molecule has 1 aliphatic rings. The van der Waals surface area contributed by atoms with Crippen molar-refractivity contribution in [3.63, 3.8) is 0 Å². The summed E-state index contributed by atoms with van der Waals surface area (Å²) < 4.78 is 13.7. The highest BCUT2D eigenvalue weighted by Gasteiger charge is 2.31. The summed E-state index contributed by atoms with van der Waals surface area (Å²) in [5, 5.41) is 20.9. The Balaban J connectivity index is 2.32. The Kier molecular flexibility index (Phi) is 3.53. The van der Waals surface area contributed by atoms with Crippen LogP contribution >= 0.6 is 0 Å². The van der Waals surface area contributed by atoms with Crippen molar-refractivity contribution in [3.05, 3.63) is 34.6 Å². The summed E-state index contributed by atoms with van der Waals surface area (Å²) in [7, 11) is 0. The highest BCUT2D eigenvalue weighted by molar-refractivity contribution is 5.89. The topological polar surface area (TPSA) is 86.6 Å². The molecule has 2 unspecified atom stereocenters. The maximum absolute atomic E-state index is 13.7. The van der Waals surface area contributed by atoms with Crippen LogP contribution in [0.1, 0.15) is 33.9 Å².